The van der Waals surface area contributed by atoms with Gasteiger partial charge in [-0.2, -0.15) is 5.26 Å². The number of nitriles is 1. The van der Waals surface area contributed by atoms with E-state index in [0.29, 0.717) is 12.1 Å². The van der Waals surface area contributed by atoms with Crippen molar-refractivity contribution < 1.29 is 4.79 Å². The summed E-state index contributed by atoms with van der Waals surface area (Å²) < 4.78 is 0. The molecule has 5 heteroatoms. The zero-order valence-electron chi connectivity index (χ0n) is 14.7. The Morgan fingerprint density at radius 2 is 1.88 bits per heavy atom. The summed E-state index contributed by atoms with van der Waals surface area (Å²) in [6, 6.07) is 7.67. The molecule has 1 saturated heterocycles. The minimum absolute atomic E-state index is 0.00681. The van der Waals surface area contributed by atoms with E-state index in [1.807, 2.05) is 25.1 Å². The molecule has 5 nitrogen and oxygen atoms in total. The quantitative estimate of drug-likeness (QED) is 0.831. The van der Waals surface area contributed by atoms with E-state index in [-0.39, 0.29) is 5.91 Å². The highest BCUT2D eigenvalue weighted by atomic mass is 16.2. The van der Waals surface area contributed by atoms with Crippen LogP contribution in [0.2, 0.25) is 0 Å². The molecule has 2 aliphatic heterocycles. The van der Waals surface area contributed by atoms with Crippen LogP contribution in [0.3, 0.4) is 0 Å². The summed E-state index contributed by atoms with van der Waals surface area (Å²) in [4.78, 5) is 19.3. The maximum atomic E-state index is 12.6. The third-order valence-corrected chi connectivity index (χ3v) is 5.21. The zero-order valence-corrected chi connectivity index (χ0v) is 14.7. The normalized spacial score (nSPS) is 21.8. The van der Waals surface area contributed by atoms with Crippen molar-refractivity contribution in [3.63, 3.8) is 0 Å². The zero-order chi connectivity index (χ0) is 17.1. The summed E-state index contributed by atoms with van der Waals surface area (Å²) in [5, 5.41) is 9.54. The van der Waals surface area contributed by atoms with Gasteiger partial charge in [0.25, 0.3) is 5.91 Å². The van der Waals surface area contributed by atoms with Crippen molar-refractivity contribution in [3.05, 3.63) is 34.9 Å². The number of benzene rings is 1. The molecule has 1 unspecified atom stereocenters. The van der Waals surface area contributed by atoms with Crippen molar-refractivity contribution in [1.29, 1.82) is 5.26 Å². The second-order valence-electron chi connectivity index (χ2n) is 6.75. The van der Waals surface area contributed by atoms with E-state index in [9.17, 15) is 10.1 Å². The Hall–Kier alpha value is -1.90. The Kier molecular flexibility index (Phi) is 5.17. The summed E-state index contributed by atoms with van der Waals surface area (Å²) in [6.07, 6.45) is 0.920. The van der Waals surface area contributed by atoms with Gasteiger partial charge in [-0.05, 0) is 32.5 Å². The monoisotopic (exact) mass is 326 g/mol. The lowest BCUT2D eigenvalue weighted by atomic mass is 10.0. The Labute approximate surface area is 144 Å². The van der Waals surface area contributed by atoms with Gasteiger partial charge in [0.05, 0.1) is 6.07 Å². The van der Waals surface area contributed by atoms with Crippen molar-refractivity contribution in [2.75, 3.05) is 45.8 Å². The summed E-state index contributed by atoms with van der Waals surface area (Å²) in [7, 11) is 0. The fraction of sp³-hybridized carbons (Fsp3) is 0.579. The molecule has 128 valence electrons. The molecule has 1 fully saturated rings. The molecule has 1 amide bonds. The number of rotatable bonds is 5. The third kappa shape index (κ3) is 3.31. The Morgan fingerprint density at radius 1 is 1.17 bits per heavy atom. The highest BCUT2D eigenvalue weighted by Crippen LogP contribution is 2.33. The lowest BCUT2D eigenvalue weighted by Gasteiger charge is -2.34. The highest BCUT2D eigenvalue weighted by Gasteiger charge is 2.36. The standard InChI is InChI=1S/C19H26N4O/c1-3-21-9-11-22(12-10-21)7-4-8-23-18(14-20)17-13-15(2)5-6-16(17)19(23)24/h5-6,13,18H,3-4,7-12H2,1-2H3. The van der Waals surface area contributed by atoms with E-state index in [2.05, 4.69) is 22.8 Å². The van der Waals surface area contributed by atoms with E-state index < -0.39 is 6.04 Å². The molecule has 0 radical (unpaired) electrons. The van der Waals surface area contributed by atoms with Crippen molar-refractivity contribution in [1.82, 2.24) is 14.7 Å². The molecule has 0 bridgehead atoms. The van der Waals surface area contributed by atoms with Gasteiger partial charge in [0.15, 0.2) is 0 Å². The molecular weight excluding hydrogens is 300 g/mol. The number of hydrogen-bond acceptors (Lipinski definition) is 4. The third-order valence-electron chi connectivity index (χ3n) is 5.21. The largest absolute Gasteiger partial charge is 0.318 e. The van der Waals surface area contributed by atoms with E-state index in [4.69, 9.17) is 0 Å². The molecule has 2 heterocycles. The lowest BCUT2D eigenvalue weighted by molar-refractivity contribution is 0.0740. The van der Waals surface area contributed by atoms with Crippen LogP contribution >= 0.6 is 0 Å². The average Bonchev–Trinajstić information content (AvgIpc) is 2.86. The predicted octanol–water partition coefficient (Wildman–Crippen LogP) is 2.04. The highest BCUT2D eigenvalue weighted by molar-refractivity contribution is 5.99. The summed E-state index contributed by atoms with van der Waals surface area (Å²) in [6.45, 7) is 11.4. The van der Waals surface area contributed by atoms with Crippen LogP contribution < -0.4 is 0 Å². The van der Waals surface area contributed by atoms with Gasteiger partial charge in [0.1, 0.15) is 6.04 Å². The Balaban J connectivity index is 1.56. The van der Waals surface area contributed by atoms with Gasteiger partial charge >= 0.3 is 0 Å². The molecule has 1 aromatic carbocycles. The van der Waals surface area contributed by atoms with Gasteiger partial charge in [-0.3, -0.25) is 4.79 Å². The predicted molar refractivity (Wildman–Crippen MR) is 93.7 cm³/mol. The molecule has 1 atom stereocenters. The van der Waals surface area contributed by atoms with E-state index in [1.165, 1.54) is 0 Å². The molecule has 0 N–H and O–H groups in total. The fourth-order valence-corrected chi connectivity index (χ4v) is 3.71. The molecule has 0 spiro atoms. The number of likely N-dealkylation sites (N-methyl/N-ethyl adjacent to an activating group) is 1. The fourth-order valence-electron chi connectivity index (χ4n) is 3.71. The van der Waals surface area contributed by atoms with Gasteiger partial charge < -0.3 is 14.7 Å². The van der Waals surface area contributed by atoms with Gasteiger partial charge in [0.2, 0.25) is 0 Å². The van der Waals surface area contributed by atoms with Crippen molar-refractivity contribution in [2.24, 2.45) is 0 Å². The summed E-state index contributed by atoms with van der Waals surface area (Å²) in [5.41, 5.74) is 2.67. The minimum Gasteiger partial charge on any atom is -0.318 e. The Morgan fingerprint density at radius 3 is 2.54 bits per heavy atom. The number of hydrogen-bond donors (Lipinski definition) is 0. The summed E-state index contributed by atoms with van der Waals surface area (Å²) >= 11 is 0. The molecule has 0 saturated carbocycles. The SMILES string of the molecule is CCN1CCN(CCCN2C(=O)c3ccc(C)cc3C2C#N)CC1. The maximum Gasteiger partial charge on any atom is 0.255 e. The van der Waals surface area contributed by atoms with E-state index in [1.54, 1.807) is 4.90 Å². The average molecular weight is 326 g/mol. The van der Waals surface area contributed by atoms with E-state index >= 15 is 0 Å². The van der Waals surface area contributed by atoms with Crippen LogP contribution in [0.25, 0.3) is 0 Å². The van der Waals surface area contributed by atoms with Crippen molar-refractivity contribution in [3.8, 4) is 6.07 Å². The first-order chi connectivity index (χ1) is 11.6. The lowest BCUT2D eigenvalue weighted by Crippen LogP contribution is -2.46. The molecular formula is C19H26N4O. The molecule has 1 aromatic rings. The first kappa shape index (κ1) is 16.9. The number of carbonyl (C=O) groups is 1. The number of amides is 1. The van der Waals surface area contributed by atoms with Crippen LogP contribution in [0.15, 0.2) is 18.2 Å². The first-order valence-electron chi connectivity index (χ1n) is 8.90. The molecule has 2 aliphatic rings. The van der Waals surface area contributed by atoms with Crippen LogP contribution in [0, 0.1) is 18.3 Å². The number of piperazine rings is 1. The minimum atomic E-state index is -0.427. The number of fused-ring (bicyclic) bond motifs is 1. The van der Waals surface area contributed by atoms with Crippen LogP contribution in [-0.2, 0) is 0 Å². The smallest absolute Gasteiger partial charge is 0.255 e. The van der Waals surface area contributed by atoms with Gasteiger partial charge in [-0.15, -0.1) is 0 Å². The number of carbonyl (C=O) groups excluding carboxylic acids is 1. The van der Waals surface area contributed by atoms with Crippen molar-refractivity contribution >= 4 is 5.91 Å². The second kappa shape index (κ2) is 7.33. The van der Waals surface area contributed by atoms with Crippen LogP contribution in [0.1, 0.15) is 40.9 Å². The maximum absolute atomic E-state index is 12.6. The topological polar surface area (TPSA) is 50.6 Å². The molecule has 0 aliphatic carbocycles. The molecule has 24 heavy (non-hydrogen) atoms. The number of aryl methyl sites for hydroxylation is 1. The second-order valence-corrected chi connectivity index (χ2v) is 6.75. The van der Waals surface area contributed by atoms with Crippen molar-refractivity contribution in [2.45, 2.75) is 26.3 Å². The first-order valence-corrected chi connectivity index (χ1v) is 8.90. The van der Waals surface area contributed by atoms with E-state index in [0.717, 1.165) is 56.8 Å². The van der Waals surface area contributed by atoms with Crippen LogP contribution in [0.4, 0.5) is 0 Å². The molecule has 3 rings (SSSR count). The summed E-state index contributed by atoms with van der Waals surface area (Å²) in [5.74, 6) is 0.00681. The van der Waals surface area contributed by atoms with Crippen LogP contribution in [-0.4, -0.2) is 66.4 Å². The van der Waals surface area contributed by atoms with Gasteiger partial charge in [-0.25, -0.2) is 0 Å². The number of nitrogens with zero attached hydrogens (tertiary/aromatic N) is 4. The van der Waals surface area contributed by atoms with Crippen LogP contribution in [0.5, 0.6) is 0 Å². The van der Waals surface area contributed by atoms with Gasteiger partial charge in [-0.1, -0.05) is 24.6 Å². The van der Waals surface area contributed by atoms with Gasteiger partial charge in [0, 0.05) is 43.9 Å². The molecule has 0 aromatic heterocycles. The Bertz CT molecular complexity index is 643.